The van der Waals surface area contributed by atoms with E-state index in [1.54, 1.807) is 19.2 Å². The van der Waals surface area contributed by atoms with E-state index < -0.39 is 12.1 Å². The Labute approximate surface area is 118 Å². The Bertz CT molecular complexity index is 414. The van der Waals surface area contributed by atoms with Crippen molar-refractivity contribution in [2.24, 2.45) is 5.73 Å². The molecule has 112 valence electrons. The highest BCUT2D eigenvalue weighted by Crippen LogP contribution is 2.25. The molecule has 0 radical (unpaired) electrons. The molecule has 0 saturated carbocycles. The molecular formula is C13H21N3O4. The highest BCUT2D eigenvalue weighted by atomic mass is 16.5. The third kappa shape index (κ3) is 6.26. The van der Waals surface area contributed by atoms with Crippen LogP contribution in [0.2, 0.25) is 0 Å². The molecule has 1 rings (SSSR count). The fraction of sp³-hybridized carbons (Fsp3) is 0.462. The van der Waals surface area contributed by atoms with Crippen molar-refractivity contribution < 1.29 is 19.4 Å². The minimum atomic E-state index is -0.659. The lowest BCUT2D eigenvalue weighted by Crippen LogP contribution is -2.38. The fourth-order valence-electron chi connectivity index (χ4n) is 1.53. The molecule has 0 aliphatic rings. The standard InChI is InChI=1S/C13H21N3O4/c1-19-11-4-2-3-5-12(11)20-9-10(17)8-15-6-7-16-13(14)18/h2-5,10,15,17H,6-9H2,1H3,(H3,14,16,18). The van der Waals surface area contributed by atoms with Crippen LogP contribution >= 0.6 is 0 Å². The summed E-state index contributed by atoms with van der Waals surface area (Å²) in [5, 5.41) is 15.2. The molecule has 5 N–H and O–H groups in total. The monoisotopic (exact) mass is 283 g/mol. The molecule has 0 aliphatic carbocycles. The predicted octanol–water partition coefficient (Wildman–Crippen LogP) is -0.307. The van der Waals surface area contributed by atoms with Crippen LogP contribution in [0.1, 0.15) is 0 Å². The van der Waals surface area contributed by atoms with Gasteiger partial charge in [-0.05, 0) is 12.1 Å². The highest BCUT2D eigenvalue weighted by Gasteiger charge is 2.07. The SMILES string of the molecule is COc1ccccc1OCC(O)CNCCNC(N)=O. The Balaban J connectivity index is 2.19. The van der Waals surface area contributed by atoms with Gasteiger partial charge in [0.15, 0.2) is 11.5 Å². The van der Waals surface area contributed by atoms with Gasteiger partial charge in [-0.2, -0.15) is 0 Å². The Morgan fingerprint density at radius 1 is 1.35 bits per heavy atom. The molecule has 1 atom stereocenters. The number of methoxy groups -OCH3 is 1. The van der Waals surface area contributed by atoms with Gasteiger partial charge in [0.25, 0.3) is 0 Å². The van der Waals surface area contributed by atoms with E-state index in [0.29, 0.717) is 31.1 Å². The van der Waals surface area contributed by atoms with Gasteiger partial charge in [-0.25, -0.2) is 4.79 Å². The topological polar surface area (TPSA) is 106 Å². The van der Waals surface area contributed by atoms with Crippen LogP contribution in [0.3, 0.4) is 0 Å². The second kappa shape index (κ2) is 9.00. The van der Waals surface area contributed by atoms with Crippen molar-refractivity contribution in [1.29, 1.82) is 0 Å². The molecule has 0 spiro atoms. The number of ether oxygens (including phenoxy) is 2. The minimum Gasteiger partial charge on any atom is -0.493 e. The van der Waals surface area contributed by atoms with Crippen molar-refractivity contribution in [1.82, 2.24) is 10.6 Å². The number of hydrogen-bond acceptors (Lipinski definition) is 5. The molecule has 7 heteroatoms. The second-order valence-electron chi connectivity index (χ2n) is 4.11. The minimum absolute atomic E-state index is 0.149. The number of amides is 2. The molecule has 1 aromatic rings. The first-order valence-corrected chi connectivity index (χ1v) is 6.31. The summed E-state index contributed by atoms with van der Waals surface area (Å²) >= 11 is 0. The molecule has 7 nitrogen and oxygen atoms in total. The fourth-order valence-corrected chi connectivity index (χ4v) is 1.53. The second-order valence-corrected chi connectivity index (χ2v) is 4.11. The first kappa shape index (κ1) is 16.1. The molecule has 1 aromatic carbocycles. The first-order valence-electron chi connectivity index (χ1n) is 6.31. The number of benzene rings is 1. The molecule has 1 unspecified atom stereocenters. The number of urea groups is 1. The van der Waals surface area contributed by atoms with Crippen molar-refractivity contribution in [3.05, 3.63) is 24.3 Å². The number of primary amides is 1. The summed E-state index contributed by atoms with van der Waals surface area (Å²) in [5.41, 5.74) is 4.91. The number of hydrogen-bond donors (Lipinski definition) is 4. The first-order chi connectivity index (χ1) is 9.63. The molecular weight excluding hydrogens is 262 g/mol. The molecule has 0 saturated heterocycles. The zero-order chi connectivity index (χ0) is 14.8. The molecule has 20 heavy (non-hydrogen) atoms. The Hall–Kier alpha value is -1.99. The Morgan fingerprint density at radius 2 is 2.05 bits per heavy atom. The Morgan fingerprint density at radius 3 is 2.70 bits per heavy atom. The molecule has 0 aromatic heterocycles. The number of nitrogens with one attached hydrogen (secondary N) is 2. The summed E-state index contributed by atoms with van der Waals surface area (Å²) in [6, 6.07) is 6.67. The zero-order valence-corrected chi connectivity index (χ0v) is 11.5. The van der Waals surface area contributed by atoms with E-state index in [-0.39, 0.29) is 6.61 Å². The van der Waals surface area contributed by atoms with Gasteiger partial charge >= 0.3 is 6.03 Å². The van der Waals surface area contributed by atoms with Crippen molar-refractivity contribution >= 4 is 6.03 Å². The van der Waals surface area contributed by atoms with Gasteiger partial charge in [-0.3, -0.25) is 0 Å². The largest absolute Gasteiger partial charge is 0.493 e. The van der Waals surface area contributed by atoms with Gasteiger partial charge in [0, 0.05) is 19.6 Å². The van der Waals surface area contributed by atoms with Gasteiger partial charge in [-0.15, -0.1) is 0 Å². The van der Waals surface area contributed by atoms with Crippen LogP contribution in [0.4, 0.5) is 4.79 Å². The number of para-hydroxylation sites is 2. The molecule has 2 amide bonds. The lowest BCUT2D eigenvalue weighted by Gasteiger charge is -2.15. The summed E-state index contributed by atoms with van der Waals surface area (Å²) < 4.78 is 10.6. The lowest BCUT2D eigenvalue weighted by atomic mass is 10.3. The number of rotatable bonds is 9. The van der Waals surface area contributed by atoms with E-state index in [1.807, 2.05) is 12.1 Å². The smallest absolute Gasteiger partial charge is 0.312 e. The van der Waals surface area contributed by atoms with Gasteiger partial charge in [-0.1, -0.05) is 12.1 Å². The van der Waals surface area contributed by atoms with Crippen LogP contribution in [0.15, 0.2) is 24.3 Å². The molecule has 0 fully saturated rings. The number of carbonyl (C=O) groups excluding carboxylic acids is 1. The van der Waals surface area contributed by atoms with E-state index >= 15 is 0 Å². The summed E-state index contributed by atoms with van der Waals surface area (Å²) in [6.07, 6.45) is -0.659. The van der Waals surface area contributed by atoms with Gasteiger partial charge in [0.2, 0.25) is 0 Å². The van der Waals surface area contributed by atoms with Gasteiger partial charge in [0.05, 0.1) is 7.11 Å². The third-order valence-electron chi connectivity index (χ3n) is 2.48. The quantitative estimate of drug-likeness (QED) is 0.465. The average molecular weight is 283 g/mol. The van der Waals surface area contributed by atoms with Crippen LogP contribution in [0, 0.1) is 0 Å². The van der Waals surface area contributed by atoms with Crippen LogP contribution in [-0.2, 0) is 0 Å². The van der Waals surface area contributed by atoms with E-state index in [2.05, 4.69) is 10.6 Å². The van der Waals surface area contributed by atoms with Crippen molar-refractivity contribution in [3.63, 3.8) is 0 Å². The zero-order valence-electron chi connectivity index (χ0n) is 11.5. The van der Waals surface area contributed by atoms with Crippen LogP contribution in [0.5, 0.6) is 11.5 Å². The van der Waals surface area contributed by atoms with Gasteiger partial charge in [0.1, 0.15) is 12.7 Å². The van der Waals surface area contributed by atoms with Crippen molar-refractivity contribution in [3.8, 4) is 11.5 Å². The van der Waals surface area contributed by atoms with Crippen molar-refractivity contribution in [2.75, 3.05) is 33.4 Å². The van der Waals surface area contributed by atoms with E-state index in [0.717, 1.165) is 0 Å². The number of carbonyl (C=O) groups is 1. The number of aliphatic hydroxyl groups is 1. The van der Waals surface area contributed by atoms with E-state index in [4.69, 9.17) is 15.2 Å². The molecule has 0 bridgehead atoms. The van der Waals surface area contributed by atoms with E-state index in [9.17, 15) is 9.90 Å². The summed E-state index contributed by atoms with van der Waals surface area (Å²) in [7, 11) is 1.56. The highest BCUT2D eigenvalue weighted by molar-refractivity contribution is 5.71. The maximum atomic E-state index is 10.4. The number of nitrogens with two attached hydrogens (primary N) is 1. The average Bonchev–Trinajstić information content (AvgIpc) is 2.44. The van der Waals surface area contributed by atoms with Crippen LogP contribution in [0.25, 0.3) is 0 Å². The lowest BCUT2D eigenvalue weighted by molar-refractivity contribution is 0.105. The maximum absolute atomic E-state index is 10.4. The van der Waals surface area contributed by atoms with Gasteiger partial charge < -0.3 is 30.9 Å². The number of aliphatic hydroxyl groups excluding tert-OH is 1. The normalized spacial score (nSPS) is 11.7. The Kier molecular flexibility index (Phi) is 7.23. The third-order valence-corrected chi connectivity index (χ3v) is 2.48. The van der Waals surface area contributed by atoms with E-state index in [1.165, 1.54) is 0 Å². The molecule has 0 aliphatic heterocycles. The summed E-state index contributed by atoms with van der Waals surface area (Å²) in [6.45, 7) is 1.44. The van der Waals surface area contributed by atoms with Crippen LogP contribution < -0.4 is 25.8 Å². The summed E-state index contributed by atoms with van der Waals surface area (Å²) in [4.78, 5) is 10.4. The van der Waals surface area contributed by atoms with Crippen LogP contribution in [-0.4, -0.2) is 50.6 Å². The van der Waals surface area contributed by atoms with Crippen molar-refractivity contribution in [2.45, 2.75) is 6.10 Å². The maximum Gasteiger partial charge on any atom is 0.312 e. The predicted molar refractivity (Wildman–Crippen MR) is 75.0 cm³/mol. The summed E-state index contributed by atoms with van der Waals surface area (Å²) in [5.74, 6) is 1.21. The molecule has 0 heterocycles.